The van der Waals surface area contributed by atoms with Gasteiger partial charge >= 0.3 is 19.8 Å². The van der Waals surface area contributed by atoms with Crippen LogP contribution in [-0.2, 0) is 32.7 Å². The summed E-state index contributed by atoms with van der Waals surface area (Å²) in [5, 5.41) is 8.93. The molecular formula is C52H98NO9P. The Morgan fingerprint density at radius 2 is 0.873 bits per heavy atom. The summed E-state index contributed by atoms with van der Waals surface area (Å²) in [4.78, 5) is 33.7. The molecule has 11 heteroatoms. The normalized spacial score (nSPS) is 14.0. The molecule has 0 aliphatic heterocycles. The lowest BCUT2D eigenvalue weighted by Gasteiger charge is -2.20. The van der Waals surface area contributed by atoms with Crippen LogP contribution in [0.2, 0.25) is 0 Å². The summed E-state index contributed by atoms with van der Waals surface area (Å²) in [6.07, 6.45) is 56.2. The van der Waals surface area contributed by atoms with Gasteiger partial charge in [0.2, 0.25) is 0 Å². The molecule has 0 amide bonds. The molecule has 0 aromatic rings. The zero-order valence-corrected chi connectivity index (χ0v) is 41.6. The zero-order valence-electron chi connectivity index (χ0n) is 40.7. The van der Waals surface area contributed by atoms with E-state index in [4.69, 9.17) is 29.4 Å². The molecule has 0 radical (unpaired) electrons. The van der Waals surface area contributed by atoms with Crippen molar-refractivity contribution in [3.05, 3.63) is 36.5 Å². The number of hydrogen-bond donors (Lipinski definition) is 3. The number of esters is 1. The minimum Gasteiger partial charge on any atom is -0.480 e. The number of aliphatic carboxylic acids is 1. The quantitative estimate of drug-likeness (QED) is 0.0232. The van der Waals surface area contributed by atoms with Crippen LogP contribution in [0.5, 0.6) is 0 Å². The van der Waals surface area contributed by atoms with E-state index in [1.54, 1.807) is 0 Å². The van der Waals surface area contributed by atoms with E-state index in [9.17, 15) is 19.0 Å². The number of phosphoric ester groups is 1. The number of carboxylic acids is 1. The van der Waals surface area contributed by atoms with Crippen LogP contribution < -0.4 is 5.73 Å². The predicted octanol–water partition coefficient (Wildman–Crippen LogP) is 15.2. The predicted molar refractivity (Wildman–Crippen MR) is 263 cm³/mol. The Bertz CT molecular complexity index is 1150. The van der Waals surface area contributed by atoms with Crippen LogP contribution in [0.3, 0.4) is 0 Å². The van der Waals surface area contributed by atoms with Crippen molar-refractivity contribution in [2.75, 3.05) is 26.4 Å². The Hall–Kier alpha value is -1.81. The average molecular weight is 912 g/mol. The maximum atomic E-state index is 12.7. The number of allylic oxidation sites excluding steroid dienone is 6. The van der Waals surface area contributed by atoms with Gasteiger partial charge in [0.05, 0.1) is 19.8 Å². The van der Waals surface area contributed by atoms with Crippen LogP contribution in [0.15, 0.2) is 36.5 Å². The molecule has 370 valence electrons. The Balaban J connectivity index is 4.13. The Morgan fingerprint density at radius 1 is 0.508 bits per heavy atom. The molecular weight excluding hydrogens is 814 g/mol. The topological polar surface area (TPSA) is 155 Å². The molecule has 0 aromatic heterocycles. The highest BCUT2D eigenvalue weighted by Crippen LogP contribution is 2.43. The maximum absolute atomic E-state index is 12.7. The van der Waals surface area contributed by atoms with Gasteiger partial charge in [0.15, 0.2) is 0 Å². The van der Waals surface area contributed by atoms with Crippen LogP contribution in [-0.4, -0.2) is 60.5 Å². The highest BCUT2D eigenvalue weighted by Gasteiger charge is 2.27. The third-order valence-corrected chi connectivity index (χ3v) is 12.3. The molecule has 63 heavy (non-hydrogen) atoms. The molecule has 3 atom stereocenters. The zero-order chi connectivity index (χ0) is 46.2. The number of phosphoric acid groups is 1. The van der Waals surface area contributed by atoms with E-state index in [0.29, 0.717) is 13.0 Å². The van der Waals surface area contributed by atoms with Crippen molar-refractivity contribution in [1.82, 2.24) is 0 Å². The van der Waals surface area contributed by atoms with Crippen molar-refractivity contribution in [3.63, 3.8) is 0 Å². The summed E-state index contributed by atoms with van der Waals surface area (Å²) in [6.45, 7) is 3.90. The number of carboxylic acid groups (broad SMARTS) is 1. The molecule has 10 nitrogen and oxygen atoms in total. The molecule has 0 heterocycles. The SMILES string of the molecule is CCCCCCC/C=C\C/C=C\CCCCCCCCCCCC(=O)OC(COCCCCCCCCCCCC/C=C\CCCCCCCC)COP(=O)(O)OCC(N)C(=O)O. The van der Waals surface area contributed by atoms with E-state index in [1.807, 2.05) is 0 Å². The van der Waals surface area contributed by atoms with Gasteiger partial charge in [0.25, 0.3) is 0 Å². The van der Waals surface area contributed by atoms with Gasteiger partial charge in [0, 0.05) is 13.0 Å². The number of rotatable bonds is 50. The number of nitrogens with two attached hydrogens (primary N) is 1. The standard InChI is InChI=1S/C52H98NO9P/c1-3-5-7-9-11-13-15-17-19-21-23-25-26-28-30-32-34-36-38-40-42-44-51(54)62-49(47-60-63(57,58)61-48-50(53)52(55)56)46-59-45-43-41-39-37-35-33-31-29-27-24-22-20-18-16-14-12-10-8-6-4-2/h15,17-18,20-21,23,49-50H,3-14,16,19,22,24-48,53H2,1-2H3,(H,55,56)(H,57,58)/b17-15-,20-18-,23-21-. The van der Waals surface area contributed by atoms with E-state index in [-0.39, 0.29) is 13.0 Å². The molecule has 0 aromatic carbocycles. The van der Waals surface area contributed by atoms with E-state index in [1.165, 1.54) is 167 Å². The van der Waals surface area contributed by atoms with E-state index < -0.39 is 45.1 Å². The summed E-state index contributed by atoms with van der Waals surface area (Å²) in [6, 6.07) is -1.47. The van der Waals surface area contributed by atoms with Crippen molar-refractivity contribution in [2.45, 2.75) is 257 Å². The fourth-order valence-corrected chi connectivity index (χ4v) is 8.11. The number of carbonyl (C=O) groups is 2. The molecule has 4 N–H and O–H groups in total. The van der Waals surface area contributed by atoms with E-state index in [2.05, 4.69) is 50.3 Å². The third kappa shape index (κ3) is 48.0. The van der Waals surface area contributed by atoms with Crippen molar-refractivity contribution < 1.29 is 42.7 Å². The molecule has 0 fully saturated rings. The molecule has 0 rings (SSSR count). The Kier molecular flexibility index (Phi) is 46.7. The largest absolute Gasteiger partial charge is 0.480 e. The van der Waals surface area contributed by atoms with Gasteiger partial charge in [-0.05, 0) is 70.6 Å². The lowest BCUT2D eigenvalue weighted by atomic mass is 10.1. The first-order chi connectivity index (χ1) is 30.7. The first-order valence-corrected chi connectivity index (χ1v) is 27.5. The van der Waals surface area contributed by atoms with Crippen LogP contribution in [0, 0.1) is 0 Å². The highest BCUT2D eigenvalue weighted by molar-refractivity contribution is 7.47. The van der Waals surface area contributed by atoms with Gasteiger partial charge in [-0.3, -0.25) is 18.6 Å². The first-order valence-electron chi connectivity index (χ1n) is 26.0. The maximum Gasteiger partial charge on any atom is 0.472 e. The second-order valence-corrected chi connectivity index (χ2v) is 19.1. The molecule has 0 saturated heterocycles. The number of ether oxygens (including phenoxy) is 2. The van der Waals surface area contributed by atoms with Crippen molar-refractivity contribution >= 4 is 19.8 Å². The molecule has 0 bridgehead atoms. The number of unbranched alkanes of at least 4 members (excludes halogenated alkanes) is 30. The van der Waals surface area contributed by atoms with Gasteiger partial charge in [-0.1, -0.05) is 204 Å². The van der Waals surface area contributed by atoms with E-state index in [0.717, 1.165) is 51.4 Å². The van der Waals surface area contributed by atoms with Gasteiger partial charge in [-0.25, -0.2) is 4.57 Å². The number of carbonyl (C=O) groups excluding carboxylic acids is 1. The highest BCUT2D eigenvalue weighted by atomic mass is 31.2. The lowest BCUT2D eigenvalue weighted by molar-refractivity contribution is -0.154. The summed E-state index contributed by atoms with van der Waals surface area (Å²) < 4.78 is 33.5. The van der Waals surface area contributed by atoms with E-state index >= 15 is 0 Å². The number of hydrogen-bond acceptors (Lipinski definition) is 8. The minimum atomic E-state index is -4.62. The molecule has 0 saturated carbocycles. The Labute approximate surface area is 387 Å². The summed E-state index contributed by atoms with van der Waals surface area (Å²) in [5.74, 6) is -1.78. The summed E-state index contributed by atoms with van der Waals surface area (Å²) in [7, 11) is -4.62. The van der Waals surface area contributed by atoms with Crippen LogP contribution in [0.25, 0.3) is 0 Å². The monoisotopic (exact) mass is 912 g/mol. The lowest BCUT2D eigenvalue weighted by Crippen LogP contribution is -2.34. The second-order valence-electron chi connectivity index (χ2n) is 17.6. The fourth-order valence-electron chi connectivity index (χ4n) is 7.34. The minimum absolute atomic E-state index is 0.0161. The van der Waals surface area contributed by atoms with Crippen molar-refractivity contribution in [1.29, 1.82) is 0 Å². The van der Waals surface area contributed by atoms with Crippen molar-refractivity contribution in [2.24, 2.45) is 5.73 Å². The molecule has 0 aliphatic carbocycles. The van der Waals surface area contributed by atoms with Crippen LogP contribution in [0.1, 0.15) is 245 Å². The second kappa shape index (κ2) is 48.1. The Morgan fingerprint density at radius 3 is 1.30 bits per heavy atom. The fraction of sp³-hybridized carbons (Fsp3) is 0.846. The van der Waals surface area contributed by atoms with Crippen molar-refractivity contribution in [3.8, 4) is 0 Å². The summed E-state index contributed by atoms with van der Waals surface area (Å²) >= 11 is 0. The first kappa shape index (κ1) is 61.2. The van der Waals surface area contributed by atoms with Crippen LogP contribution in [0.4, 0.5) is 0 Å². The van der Waals surface area contributed by atoms with Crippen LogP contribution >= 0.6 is 7.82 Å². The molecule has 3 unspecified atom stereocenters. The summed E-state index contributed by atoms with van der Waals surface area (Å²) in [5.41, 5.74) is 5.38. The third-order valence-electron chi connectivity index (χ3n) is 11.4. The average Bonchev–Trinajstić information content (AvgIpc) is 3.26. The molecule has 0 aliphatic rings. The molecule has 0 spiro atoms. The van der Waals surface area contributed by atoms with Gasteiger partial charge in [0.1, 0.15) is 12.1 Å². The van der Waals surface area contributed by atoms with Gasteiger partial charge < -0.3 is 25.2 Å². The van der Waals surface area contributed by atoms with Gasteiger partial charge in [-0.2, -0.15) is 0 Å². The van der Waals surface area contributed by atoms with Gasteiger partial charge in [-0.15, -0.1) is 0 Å². The smallest absolute Gasteiger partial charge is 0.472 e.